The lowest BCUT2D eigenvalue weighted by molar-refractivity contribution is -0.270. The zero-order chi connectivity index (χ0) is 14.0. The van der Waals surface area contributed by atoms with Crippen LogP contribution in [0.5, 0.6) is 0 Å². The quantitative estimate of drug-likeness (QED) is 0.810. The highest BCUT2D eigenvalue weighted by Crippen LogP contribution is 2.36. The lowest BCUT2D eigenvalue weighted by Crippen LogP contribution is -2.53. The van der Waals surface area contributed by atoms with Crippen molar-refractivity contribution in [1.82, 2.24) is 5.32 Å². The standard InChI is InChI=1S/C10H14F5NOS/c1-18-7-4-2-3-6(5-7)16-8(17)9(11,12)10(13,14)15/h6-7H,2-5H2,1H3,(H,16,17). The van der Waals surface area contributed by atoms with Crippen LogP contribution in [0.3, 0.4) is 0 Å². The smallest absolute Gasteiger partial charge is 0.348 e. The van der Waals surface area contributed by atoms with Crippen molar-refractivity contribution in [2.24, 2.45) is 0 Å². The van der Waals surface area contributed by atoms with Crippen molar-refractivity contribution in [1.29, 1.82) is 0 Å². The van der Waals surface area contributed by atoms with E-state index in [9.17, 15) is 26.7 Å². The van der Waals surface area contributed by atoms with Crippen LogP contribution in [0.1, 0.15) is 25.7 Å². The number of hydrogen-bond donors (Lipinski definition) is 1. The molecule has 1 aliphatic carbocycles. The van der Waals surface area contributed by atoms with Gasteiger partial charge in [0, 0.05) is 11.3 Å². The van der Waals surface area contributed by atoms with E-state index in [2.05, 4.69) is 0 Å². The molecule has 0 radical (unpaired) electrons. The second kappa shape index (κ2) is 5.63. The van der Waals surface area contributed by atoms with Crippen molar-refractivity contribution >= 4 is 17.7 Å². The number of halogens is 5. The first-order valence-corrected chi connectivity index (χ1v) is 6.75. The van der Waals surface area contributed by atoms with Crippen LogP contribution in [0.25, 0.3) is 0 Å². The maximum absolute atomic E-state index is 12.7. The average molecular weight is 291 g/mol. The first-order chi connectivity index (χ1) is 8.18. The number of thioether (sulfide) groups is 1. The Balaban J connectivity index is 2.59. The van der Waals surface area contributed by atoms with Crippen LogP contribution in [-0.2, 0) is 4.79 Å². The molecule has 0 saturated heterocycles. The fourth-order valence-corrected chi connectivity index (χ4v) is 2.72. The van der Waals surface area contributed by atoms with Gasteiger partial charge in [-0.2, -0.15) is 33.7 Å². The molecule has 1 rings (SSSR count). The van der Waals surface area contributed by atoms with Gasteiger partial charge in [0.25, 0.3) is 0 Å². The molecular weight excluding hydrogens is 277 g/mol. The average Bonchev–Trinajstić information content (AvgIpc) is 2.27. The predicted molar refractivity (Wildman–Crippen MR) is 58.7 cm³/mol. The Labute approximate surface area is 106 Å². The second-order valence-corrected chi connectivity index (χ2v) is 5.40. The van der Waals surface area contributed by atoms with Gasteiger partial charge in [-0.05, 0) is 25.5 Å². The van der Waals surface area contributed by atoms with Gasteiger partial charge in [-0.1, -0.05) is 6.42 Å². The van der Waals surface area contributed by atoms with Crippen LogP contribution in [0.15, 0.2) is 0 Å². The maximum atomic E-state index is 12.7. The highest BCUT2D eigenvalue weighted by atomic mass is 32.2. The molecule has 0 aromatic rings. The van der Waals surface area contributed by atoms with E-state index in [0.29, 0.717) is 19.3 Å². The third-order valence-corrected chi connectivity index (χ3v) is 4.03. The molecule has 2 atom stereocenters. The fourth-order valence-electron chi connectivity index (χ4n) is 1.89. The molecule has 0 aromatic carbocycles. The Morgan fingerprint density at radius 2 is 1.83 bits per heavy atom. The summed E-state index contributed by atoms with van der Waals surface area (Å²) in [5.41, 5.74) is 0. The number of carbonyl (C=O) groups is 1. The van der Waals surface area contributed by atoms with Crippen molar-refractivity contribution in [3.05, 3.63) is 0 Å². The van der Waals surface area contributed by atoms with Crippen LogP contribution in [0.4, 0.5) is 22.0 Å². The zero-order valence-electron chi connectivity index (χ0n) is 9.69. The Bertz CT molecular complexity index is 307. The number of nitrogens with one attached hydrogen (secondary N) is 1. The predicted octanol–water partition coefficient (Wildman–Crippen LogP) is 2.97. The molecule has 0 spiro atoms. The topological polar surface area (TPSA) is 29.1 Å². The van der Waals surface area contributed by atoms with Crippen LogP contribution >= 0.6 is 11.8 Å². The minimum Gasteiger partial charge on any atom is -0.348 e. The summed E-state index contributed by atoms with van der Waals surface area (Å²) in [4.78, 5) is 11.0. The SMILES string of the molecule is CSC1CCCC(NC(=O)C(F)(F)C(F)(F)F)C1. The Kier molecular flexibility index (Phi) is 4.85. The molecule has 1 aliphatic rings. The van der Waals surface area contributed by atoms with E-state index in [-0.39, 0.29) is 5.25 Å². The summed E-state index contributed by atoms with van der Waals surface area (Å²) in [6.45, 7) is 0. The van der Waals surface area contributed by atoms with Crippen molar-refractivity contribution < 1.29 is 26.7 Å². The molecule has 0 aromatic heterocycles. The van der Waals surface area contributed by atoms with Gasteiger partial charge in [0.1, 0.15) is 0 Å². The van der Waals surface area contributed by atoms with Crippen LogP contribution in [0.2, 0.25) is 0 Å². The monoisotopic (exact) mass is 291 g/mol. The van der Waals surface area contributed by atoms with E-state index in [1.165, 1.54) is 11.8 Å². The van der Waals surface area contributed by atoms with Gasteiger partial charge >= 0.3 is 18.0 Å². The number of hydrogen-bond acceptors (Lipinski definition) is 2. The molecule has 2 unspecified atom stereocenters. The molecule has 1 fully saturated rings. The van der Waals surface area contributed by atoms with Crippen molar-refractivity contribution in [3.63, 3.8) is 0 Å². The van der Waals surface area contributed by atoms with Crippen molar-refractivity contribution in [2.75, 3.05) is 6.26 Å². The first kappa shape index (κ1) is 15.5. The van der Waals surface area contributed by atoms with E-state index in [0.717, 1.165) is 6.42 Å². The molecule has 1 saturated carbocycles. The van der Waals surface area contributed by atoms with E-state index < -0.39 is 24.0 Å². The highest BCUT2D eigenvalue weighted by molar-refractivity contribution is 7.99. The summed E-state index contributed by atoms with van der Waals surface area (Å²) in [6.07, 6.45) is -1.52. The fraction of sp³-hybridized carbons (Fsp3) is 0.900. The normalized spacial score (nSPS) is 25.9. The number of rotatable bonds is 3. The van der Waals surface area contributed by atoms with Gasteiger partial charge in [-0.25, -0.2) is 0 Å². The number of alkyl halides is 5. The zero-order valence-corrected chi connectivity index (χ0v) is 10.5. The van der Waals surface area contributed by atoms with E-state index in [1.54, 1.807) is 0 Å². The van der Waals surface area contributed by atoms with Gasteiger partial charge < -0.3 is 5.32 Å². The lowest BCUT2D eigenvalue weighted by atomic mass is 9.94. The molecular formula is C10H14F5NOS. The van der Waals surface area contributed by atoms with Gasteiger partial charge in [0.05, 0.1) is 0 Å². The summed E-state index contributed by atoms with van der Waals surface area (Å²) < 4.78 is 61.3. The van der Waals surface area contributed by atoms with Crippen LogP contribution < -0.4 is 5.32 Å². The molecule has 8 heteroatoms. The molecule has 1 amide bonds. The molecule has 106 valence electrons. The number of amides is 1. The third kappa shape index (κ3) is 3.49. The summed E-state index contributed by atoms with van der Waals surface area (Å²) in [5.74, 6) is -7.57. The number of carbonyl (C=O) groups excluding carboxylic acids is 1. The molecule has 2 nitrogen and oxygen atoms in total. The summed E-state index contributed by atoms with van der Waals surface area (Å²) in [7, 11) is 0. The van der Waals surface area contributed by atoms with E-state index in [1.807, 2.05) is 11.6 Å². The highest BCUT2D eigenvalue weighted by Gasteiger charge is 2.63. The van der Waals surface area contributed by atoms with Crippen LogP contribution in [-0.4, -0.2) is 35.6 Å². The third-order valence-electron chi connectivity index (χ3n) is 2.94. The Morgan fingerprint density at radius 1 is 1.22 bits per heavy atom. The van der Waals surface area contributed by atoms with Crippen molar-refractivity contribution in [3.8, 4) is 0 Å². The van der Waals surface area contributed by atoms with E-state index >= 15 is 0 Å². The molecule has 0 heterocycles. The molecule has 18 heavy (non-hydrogen) atoms. The van der Waals surface area contributed by atoms with Gasteiger partial charge in [-0.3, -0.25) is 4.79 Å². The summed E-state index contributed by atoms with van der Waals surface area (Å²) >= 11 is 1.53. The maximum Gasteiger partial charge on any atom is 0.463 e. The summed E-state index contributed by atoms with van der Waals surface area (Å²) in [5, 5.41) is 2.01. The molecule has 1 N–H and O–H groups in total. The van der Waals surface area contributed by atoms with Gasteiger partial charge in [-0.15, -0.1) is 0 Å². The first-order valence-electron chi connectivity index (χ1n) is 5.46. The molecule has 0 aliphatic heterocycles. The lowest BCUT2D eigenvalue weighted by Gasteiger charge is -2.30. The van der Waals surface area contributed by atoms with Crippen molar-refractivity contribution in [2.45, 2.75) is 49.1 Å². The molecule has 0 bridgehead atoms. The largest absolute Gasteiger partial charge is 0.463 e. The second-order valence-electron chi connectivity index (χ2n) is 4.27. The summed E-state index contributed by atoms with van der Waals surface area (Å²) in [6, 6.07) is -0.600. The van der Waals surface area contributed by atoms with Crippen LogP contribution in [0, 0.1) is 0 Å². The van der Waals surface area contributed by atoms with E-state index in [4.69, 9.17) is 0 Å². The minimum atomic E-state index is -5.84. The minimum absolute atomic E-state index is 0.198. The Morgan fingerprint density at radius 3 is 2.33 bits per heavy atom. The van der Waals surface area contributed by atoms with Gasteiger partial charge in [0.15, 0.2) is 0 Å². The van der Waals surface area contributed by atoms with Gasteiger partial charge in [0.2, 0.25) is 0 Å². The Hall–Kier alpha value is -0.530.